The van der Waals surface area contributed by atoms with Crippen LogP contribution in [0.5, 0.6) is 0 Å². The largest absolute Gasteiger partial charge is 0.325 e. The van der Waals surface area contributed by atoms with Crippen molar-refractivity contribution in [1.29, 1.82) is 0 Å². The van der Waals surface area contributed by atoms with E-state index in [1.807, 2.05) is 36.1 Å². The molecule has 1 amide bonds. The first-order valence-electron chi connectivity index (χ1n) is 7.47. The summed E-state index contributed by atoms with van der Waals surface area (Å²) in [5, 5.41) is 2.86. The van der Waals surface area contributed by atoms with Crippen molar-refractivity contribution in [2.45, 2.75) is 13.8 Å². The van der Waals surface area contributed by atoms with E-state index >= 15 is 0 Å². The quantitative estimate of drug-likeness (QED) is 0.873. The van der Waals surface area contributed by atoms with Crippen molar-refractivity contribution in [3.05, 3.63) is 29.8 Å². The zero-order valence-corrected chi connectivity index (χ0v) is 13.9. The average Bonchev–Trinajstić information content (AvgIpc) is 2.50. The maximum absolute atomic E-state index is 12.0. The monoisotopic (exact) mass is 325 g/mol. The Bertz CT molecular complexity index is 605. The van der Waals surface area contributed by atoms with Crippen molar-refractivity contribution < 1.29 is 13.2 Å². The van der Waals surface area contributed by atoms with E-state index in [1.54, 1.807) is 6.92 Å². The van der Waals surface area contributed by atoms with Gasteiger partial charge in [0, 0.05) is 31.9 Å². The lowest BCUT2D eigenvalue weighted by molar-refractivity contribution is -0.117. The zero-order valence-electron chi connectivity index (χ0n) is 13.1. The van der Waals surface area contributed by atoms with Crippen molar-refractivity contribution >= 4 is 21.6 Å². The van der Waals surface area contributed by atoms with Crippen molar-refractivity contribution in [3.8, 4) is 0 Å². The molecule has 0 radical (unpaired) electrons. The lowest BCUT2D eigenvalue weighted by Crippen LogP contribution is -2.50. The molecule has 0 spiro atoms. The van der Waals surface area contributed by atoms with Gasteiger partial charge in [-0.25, -0.2) is 8.42 Å². The van der Waals surface area contributed by atoms with Crippen LogP contribution in [0.3, 0.4) is 0 Å². The minimum atomic E-state index is -3.12. The van der Waals surface area contributed by atoms with Crippen molar-refractivity contribution in [2.75, 3.05) is 43.8 Å². The van der Waals surface area contributed by atoms with Crippen molar-refractivity contribution in [1.82, 2.24) is 9.21 Å². The summed E-state index contributed by atoms with van der Waals surface area (Å²) in [5.74, 6) is 0.0524. The van der Waals surface area contributed by atoms with Gasteiger partial charge in [0.1, 0.15) is 0 Å². The maximum Gasteiger partial charge on any atom is 0.238 e. The number of anilines is 1. The van der Waals surface area contributed by atoms with E-state index in [0.29, 0.717) is 26.2 Å². The standard InChI is InChI=1S/C15H23N3O3S/c1-3-22(20,21)18-10-8-17(9-11-18)12-15(19)16-14-6-4-13(2)5-7-14/h4-7H,3,8-12H2,1-2H3,(H,16,19). The number of aryl methyl sites for hydroxylation is 1. The maximum atomic E-state index is 12.0. The molecule has 22 heavy (non-hydrogen) atoms. The van der Waals surface area contributed by atoms with Gasteiger partial charge in [-0.2, -0.15) is 4.31 Å². The summed E-state index contributed by atoms with van der Waals surface area (Å²) in [7, 11) is -3.12. The van der Waals surface area contributed by atoms with E-state index in [-0.39, 0.29) is 18.2 Å². The Balaban J connectivity index is 1.80. The Hall–Kier alpha value is -1.44. The summed E-state index contributed by atoms with van der Waals surface area (Å²) in [4.78, 5) is 14.0. The summed E-state index contributed by atoms with van der Waals surface area (Å²) in [5.41, 5.74) is 1.93. The molecular weight excluding hydrogens is 302 g/mol. The predicted octanol–water partition coefficient (Wildman–Crippen LogP) is 0.901. The number of hydrogen-bond donors (Lipinski definition) is 1. The summed E-state index contributed by atoms with van der Waals surface area (Å²) >= 11 is 0. The molecule has 1 aromatic carbocycles. The van der Waals surface area contributed by atoms with Gasteiger partial charge < -0.3 is 5.32 Å². The average molecular weight is 325 g/mol. The van der Waals surface area contributed by atoms with E-state index in [1.165, 1.54) is 4.31 Å². The Labute approximate surface area is 132 Å². The lowest BCUT2D eigenvalue weighted by atomic mass is 10.2. The number of hydrogen-bond acceptors (Lipinski definition) is 4. The van der Waals surface area contributed by atoms with Crippen LogP contribution in [0.2, 0.25) is 0 Å². The second-order valence-electron chi connectivity index (χ2n) is 5.49. The van der Waals surface area contributed by atoms with Gasteiger partial charge in [-0.05, 0) is 26.0 Å². The first kappa shape index (κ1) is 16.9. The number of benzene rings is 1. The molecule has 7 heteroatoms. The summed E-state index contributed by atoms with van der Waals surface area (Å²) in [6, 6.07) is 7.64. The van der Waals surface area contributed by atoms with Crippen LogP contribution in [0, 0.1) is 6.92 Å². The predicted molar refractivity (Wildman–Crippen MR) is 87.3 cm³/mol. The zero-order chi connectivity index (χ0) is 16.2. The van der Waals surface area contributed by atoms with Gasteiger partial charge in [-0.3, -0.25) is 9.69 Å². The van der Waals surface area contributed by atoms with Crippen LogP contribution < -0.4 is 5.32 Å². The van der Waals surface area contributed by atoms with Gasteiger partial charge in [-0.1, -0.05) is 17.7 Å². The molecule has 1 aliphatic rings. The summed E-state index contributed by atoms with van der Waals surface area (Å²) in [6.45, 7) is 6.00. The van der Waals surface area contributed by atoms with Crippen LogP contribution in [0.1, 0.15) is 12.5 Å². The molecule has 0 bridgehead atoms. The van der Waals surface area contributed by atoms with Gasteiger partial charge >= 0.3 is 0 Å². The van der Waals surface area contributed by atoms with Crippen LogP contribution in [0.15, 0.2) is 24.3 Å². The highest BCUT2D eigenvalue weighted by molar-refractivity contribution is 7.89. The molecule has 1 fully saturated rings. The van der Waals surface area contributed by atoms with Gasteiger partial charge in [0.15, 0.2) is 0 Å². The van der Waals surface area contributed by atoms with Gasteiger partial charge in [0.2, 0.25) is 15.9 Å². The van der Waals surface area contributed by atoms with Gasteiger partial charge in [-0.15, -0.1) is 0 Å². The lowest BCUT2D eigenvalue weighted by Gasteiger charge is -2.33. The Morgan fingerprint density at radius 3 is 2.27 bits per heavy atom. The fraction of sp³-hybridized carbons (Fsp3) is 0.533. The molecule has 1 aromatic rings. The molecule has 0 saturated carbocycles. The highest BCUT2D eigenvalue weighted by Crippen LogP contribution is 2.10. The minimum absolute atomic E-state index is 0.0735. The fourth-order valence-corrected chi connectivity index (χ4v) is 3.47. The Morgan fingerprint density at radius 1 is 1.14 bits per heavy atom. The number of sulfonamides is 1. The molecule has 2 rings (SSSR count). The van der Waals surface area contributed by atoms with E-state index in [9.17, 15) is 13.2 Å². The normalized spacial score (nSPS) is 17.4. The number of carbonyl (C=O) groups excluding carboxylic acids is 1. The molecule has 0 aromatic heterocycles. The number of carbonyl (C=O) groups is 1. The highest BCUT2D eigenvalue weighted by atomic mass is 32.2. The number of nitrogens with zero attached hydrogens (tertiary/aromatic N) is 2. The van der Waals surface area contributed by atoms with Crippen LogP contribution in [-0.2, 0) is 14.8 Å². The molecule has 1 aliphatic heterocycles. The number of rotatable bonds is 5. The third kappa shape index (κ3) is 4.53. The number of amides is 1. The number of nitrogens with one attached hydrogen (secondary N) is 1. The molecule has 1 heterocycles. The molecule has 1 saturated heterocycles. The molecule has 0 atom stereocenters. The molecule has 1 N–H and O–H groups in total. The summed E-state index contributed by atoms with van der Waals surface area (Å²) in [6.07, 6.45) is 0. The van der Waals surface area contributed by atoms with E-state index < -0.39 is 10.0 Å². The first-order valence-corrected chi connectivity index (χ1v) is 9.08. The van der Waals surface area contributed by atoms with Crippen molar-refractivity contribution in [3.63, 3.8) is 0 Å². The van der Waals surface area contributed by atoms with Crippen LogP contribution in [-0.4, -0.2) is 62.0 Å². The van der Waals surface area contributed by atoms with Gasteiger partial charge in [0.05, 0.1) is 12.3 Å². The topological polar surface area (TPSA) is 69.7 Å². The smallest absolute Gasteiger partial charge is 0.238 e. The Morgan fingerprint density at radius 2 is 1.73 bits per heavy atom. The van der Waals surface area contributed by atoms with Gasteiger partial charge in [0.25, 0.3) is 0 Å². The second-order valence-corrected chi connectivity index (χ2v) is 7.75. The molecule has 6 nitrogen and oxygen atoms in total. The molecular formula is C15H23N3O3S. The van der Waals surface area contributed by atoms with Crippen LogP contribution >= 0.6 is 0 Å². The summed E-state index contributed by atoms with van der Waals surface area (Å²) < 4.78 is 25.1. The van der Waals surface area contributed by atoms with Crippen LogP contribution in [0.25, 0.3) is 0 Å². The minimum Gasteiger partial charge on any atom is -0.325 e. The third-order valence-electron chi connectivity index (χ3n) is 3.79. The second kappa shape index (κ2) is 7.21. The Kier molecular flexibility index (Phi) is 5.55. The highest BCUT2D eigenvalue weighted by Gasteiger charge is 2.26. The third-order valence-corrected chi connectivity index (χ3v) is 5.67. The fourth-order valence-electron chi connectivity index (χ4n) is 2.39. The molecule has 122 valence electrons. The SMILES string of the molecule is CCS(=O)(=O)N1CCN(CC(=O)Nc2ccc(C)cc2)CC1. The number of piperazine rings is 1. The van der Waals surface area contributed by atoms with E-state index in [4.69, 9.17) is 0 Å². The first-order chi connectivity index (χ1) is 10.4. The molecule has 0 aliphatic carbocycles. The molecule has 0 unspecified atom stereocenters. The van der Waals surface area contributed by atoms with Crippen molar-refractivity contribution in [2.24, 2.45) is 0 Å². The van der Waals surface area contributed by atoms with Crippen LogP contribution in [0.4, 0.5) is 5.69 Å². The van der Waals surface area contributed by atoms with E-state index in [2.05, 4.69) is 5.32 Å². The van der Waals surface area contributed by atoms with E-state index in [0.717, 1.165) is 11.3 Å².